The first-order valence-corrected chi connectivity index (χ1v) is 10.9. The van der Waals surface area contributed by atoms with E-state index in [2.05, 4.69) is 20.6 Å². The Hall–Kier alpha value is -2.36. The van der Waals surface area contributed by atoms with Gasteiger partial charge in [-0.1, -0.05) is 6.92 Å². The maximum Gasteiger partial charge on any atom is 0.231 e. The lowest BCUT2D eigenvalue weighted by Gasteiger charge is -2.14. The van der Waals surface area contributed by atoms with Crippen molar-refractivity contribution in [3.63, 3.8) is 0 Å². The Morgan fingerprint density at radius 3 is 2.78 bits per heavy atom. The van der Waals surface area contributed by atoms with Crippen LogP contribution in [0.25, 0.3) is 27.5 Å². The number of benzene rings is 1. The van der Waals surface area contributed by atoms with Crippen molar-refractivity contribution in [2.45, 2.75) is 30.8 Å². The molecule has 11 heteroatoms. The van der Waals surface area contributed by atoms with Gasteiger partial charge in [-0.3, -0.25) is 9.89 Å². The molecule has 1 aromatic carbocycles. The molecular weight excluding hydrogens is 479 g/mol. The molecule has 0 aliphatic heterocycles. The molecule has 4 aromatic rings. The normalized spacial score (nSPS) is 17.1. The van der Waals surface area contributed by atoms with Crippen LogP contribution in [0.4, 0.5) is 14.6 Å². The highest BCUT2D eigenvalue weighted by Gasteiger charge is 2.43. The van der Waals surface area contributed by atoms with E-state index in [0.29, 0.717) is 28.2 Å². The van der Waals surface area contributed by atoms with Crippen LogP contribution in [0.2, 0.25) is 0 Å². The number of anilines is 1. The first-order chi connectivity index (χ1) is 14.5. The predicted octanol–water partition coefficient (Wildman–Crippen LogP) is 5.44. The summed E-state index contributed by atoms with van der Waals surface area (Å²) in [5.41, 5.74) is 3.68. The summed E-state index contributed by atoms with van der Waals surface area (Å²) < 4.78 is 30.0. The number of nitrogens with zero attached hydrogens (tertiary/aromatic N) is 3. The zero-order valence-electron chi connectivity index (χ0n) is 17.2. The average molecular weight is 500 g/mol. The monoisotopic (exact) mass is 499 g/mol. The molecule has 6 nitrogen and oxygen atoms in total. The van der Waals surface area contributed by atoms with E-state index < -0.39 is 12.1 Å². The molecule has 1 fully saturated rings. The SMILES string of the molecule is CCc1c(F)c(SC)c2[nH]ncc2c1-c1ccn2nc(NC(=O)[C@@H]3C[C@@H]3F)cc2c1.Cl.Cl. The van der Waals surface area contributed by atoms with E-state index in [0.717, 1.165) is 22.0 Å². The van der Waals surface area contributed by atoms with Crippen LogP contribution in [0, 0.1) is 11.7 Å². The Labute approximate surface area is 199 Å². The zero-order chi connectivity index (χ0) is 21.0. The summed E-state index contributed by atoms with van der Waals surface area (Å²) in [6.07, 6.45) is 5.07. The van der Waals surface area contributed by atoms with E-state index in [-0.39, 0.29) is 43.0 Å². The molecule has 1 amide bonds. The number of fused-ring (bicyclic) bond motifs is 2. The van der Waals surface area contributed by atoms with Crippen LogP contribution >= 0.6 is 36.6 Å². The number of hydrogen-bond donors (Lipinski definition) is 2. The lowest BCUT2D eigenvalue weighted by Crippen LogP contribution is -2.15. The van der Waals surface area contributed by atoms with E-state index in [9.17, 15) is 9.18 Å². The van der Waals surface area contributed by atoms with Crippen molar-refractivity contribution in [1.82, 2.24) is 19.8 Å². The average Bonchev–Trinajstić information content (AvgIpc) is 3.12. The number of pyridine rings is 1. The number of nitrogens with one attached hydrogen (secondary N) is 2. The van der Waals surface area contributed by atoms with Gasteiger partial charge in [0.05, 0.1) is 28.0 Å². The van der Waals surface area contributed by atoms with Gasteiger partial charge in [-0.15, -0.1) is 36.6 Å². The van der Waals surface area contributed by atoms with Crippen LogP contribution < -0.4 is 5.32 Å². The molecule has 1 aliphatic rings. The van der Waals surface area contributed by atoms with Gasteiger partial charge < -0.3 is 5.32 Å². The third kappa shape index (κ3) is 3.93. The van der Waals surface area contributed by atoms with E-state index in [1.54, 1.807) is 23.0 Å². The number of H-pyrrole nitrogens is 1. The smallest absolute Gasteiger partial charge is 0.231 e. The molecule has 1 saturated carbocycles. The highest BCUT2D eigenvalue weighted by atomic mass is 35.5. The number of aromatic nitrogens is 4. The van der Waals surface area contributed by atoms with Crippen molar-refractivity contribution in [3.05, 3.63) is 42.0 Å². The maximum absolute atomic E-state index is 15.2. The number of aromatic amines is 1. The highest BCUT2D eigenvalue weighted by molar-refractivity contribution is 7.98. The molecule has 0 spiro atoms. The molecule has 2 N–H and O–H groups in total. The van der Waals surface area contributed by atoms with Gasteiger partial charge in [0.2, 0.25) is 5.91 Å². The Morgan fingerprint density at radius 2 is 2.12 bits per heavy atom. The Kier molecular flexibility index (Phi) is 7.02. The fourth-order valence-corrected chi connectivity index (χ4v) is 4.55. The highest BCUT2D eigenvalue weighted by Crippen LogP contribution is 2.40. The topological polar surface area (TPSA) is 75.1 Å². The van der Waals surface area contributed by atoms with Crippen molar-refractivity contribution in [1.29, 1.82) is 0 Å². The number of amides is 1. The number of hydrogen-bond acceptors (Lipinski definition) is 4. The van der Waals surface area contributed by atoms with Crippen molar-refractivity contribution in [3.8, 4) is 11.1 Å². The second-order valence-electron chi connectivity index (χ2n) is 7.37. The molecule has 170 valence electrons. The molecule has 2 atom stereocenters. The summed E-state index contributed by atoms with van der Waals surface area (Å²) in [4.78, 5) is 12.6. The quantitative estimate of drug-likeness (QED) is 0.358. The zero-order valence-corrected chi connectivity index (χ0v) is 19.6. The van der Waals surface area contributed by atoms with Crippen LogP contribution in [-0.2, 0) is 11.2 Å². The van der Waals surface area contributed by atoms with E-state index >= 15 is 4.39 Å². The molecule has 32 heavy (non-hydrogen) atoms. The molecule has 0 bridgehead atoms. The van der Waals surface area contributed by atoms with Gasteiger partial charge in [0.25, 0.3) is 0 Å². The summed E-state index contributed by atoms with van der Waals surface area (Å²) >= 11 is 1.35. The molecule has 1 aliphatic carbocycles. The minimum atomic E-state index is -1.06. The van der Waals surface area contributed by atoms with Gasteiger partial charge in [-0.25, -0.2) is 13.3 Å². The largest absolute Gasteiger partial charge is 0.309 e. The second-order valence-corrected chi connectivity index (χ2v) is 8.19. The molecule has 3 aromatic heterocycles. The lowest BCUT2D eigenvalue weighted by atomic mass is 9.94. The minimum absolute atomic E-state index is 0. The van der Waals surface area contributed by atoms with Crippen LogP contribution in [0.5, 0.6) is 0 Å². The molecule has 3 heterocycles. The Balaban J connectivity index is 0.00000144. The summed E-state index contributed by atoms with van der Waals surface area (Å²) in [6.45, 7) is 1.93. The number of thioether (sulfide) groups is 1. The summed E-state index contributed by atoms with van der Waals surface area (Å²) in [5, 5.41) is 14.9. The number of alkyl halides is 1. The van der Waals surface area contributed by atoms with E-state index in [1.165, 1.54) is 11.8 Å². The molecule has 0 radical (unpaired) electrons. The van der Waals surface area contributed by atoms with Gasteiger partial charge in [0.15, 0.2) is 5.82 Å². The van der Waals surface area contributed by atoms with E-state index in [4.69, 9.17) is 0 Å². The lowest BCUT2D eigenvalue weighted by molar-refractivity contribution is -0.117. The fraction of sp³-hybridized carbons (Fsp3) is 0.286. The third-order valence-corrected chi connectivity index (χ3v) is 6.30. The summed E-state index contributed by atoms with van der Waals surface area (Å²) in [5.74, 6) is -0.799. The third-order valence-electron chi connectivity index (χ3n) is 5.51. The summed E-state index contributed by atoms with van der Waals surface area (Å²) in [7, 11) is 0. The number of halogens is 4. The van der Waals surface area contributed by atoms with E-state index in [1.807, 2.05) is 25.3 Å². The van der Waals surface area contributed by atoms with Gasteiger partial charge in [-0.2, -0.15) is 10.2 Å². The molecule has 0 saturated heterocycles. The number of carbonyl (C=O) groups is 1. The van der Waals surface area contributed by atoms with Crippen LogP contribution in [-0.4, -0.2) is 38.1 Å². The van der Waals surface area contributed by atoms with Crippen LogP contribution in [0.3, 0.4) is 0 Å². The van der Waals surface area contributed by atoms with Crippen LogP contribution in [0.1, 0.15) is 18.9 Å². The molecule has 5 rings (SSSR count). The maximum atomic E-state index is 15.2. The number of carbonyl (C=O) groups excluding carboxylic acids is 1. The van der Waals surface area contributed by atoms with Crippen molar-refractivity contribution < 1.29 is 13.6 Å². The van der Waals surface area contributed by atoms with Crippen molar-refractivity contribution >= 4 is 64.7 Å². The second kappa shape index (κ2) is 9.25. The van der Waals surface area contributed by atoms with Gasteiger partial charge >= 0.3 is 0 Å². The molecule has 0 unspecified atom stereocenters. The van der Waals surface area contributed by atoms with Crippen LogP contribution in [0.15, 0.2) is 35.5 Å². The Morgan fingerprint density at radius 1 is 1.38 bits per heavy atom. The van der Waals surface area contributed by atoms with Gasteiger partial charge in [0.1, 0.15) is 12.0 Å². The minimum Gasteiger partial charge on any atom is -0.309 e. The Bertz CT molecular complexity index is 1310. The predicted molar refractivity (Wildman–Crippen MR) is 128 cm³/mol. The first-order valence-electron chi connectivity index (χ1n) is 9.68. The van der Waals surface area contributed by atoms with Crippen molar-refractivity contribution in [2.24, 2.45) is 5.92 Å². The number of rotatable bonds is 5. The van der Waals surface area contributed by atoms with Gasteiger partial charge in [0, 0.05) is 17.6 Å². The van der Waals surface area contributed by atoms with Gasteiger partial charge in [-0.05, 0) is 47.9 Å². The molecular formula is C21H21Cl2F2N5OS. The first kappa shape index (κ1) is 24.3. The standard InChI is InChI=1S/C21H19F2N5OS.2ClH/c1-3-12-17(14-9-24-26-19(14)20(30-2)18(12)23)10-4-5-28-11(6-10)7-16(27-28)25-21(29)13-8-15(13)22;;/h4-7,9,13,15H,3,8H2,1-2H3,(H,24,26)(H,25,27,29);2*1H/t13-,15+;;/m1../s1. The fourth-order valence-electron chi connectivity index (χ4n) is 3.89. The summed E-state index contributed by atoms with van der Waals surface area (Å²) in [6, 6.07) is 5.49. The van der Waals surface area contributed by atoms with Crippen molar-refractivity contribution in [2.75, 3.05) is 11.6 Å².